The van der Waals surface area contributed by atoms with E-state index in [1.165, 1.54) is 12.8 Å². The van der Waals surface area contributed by atoms with Crippen molar-refractivity contribution in [2.75, 3.05) is 20.2 Å². The summed E-state index contributed by atoms with van der Waals surface area (Å²) in [7, 11) is 2.12. The van der Waals surface area contributed by atoms with Crippen molar-refractivity contribution >= 4 is 0 Å². The third-order valence-corrected chi connectivity index (χ3v) is 3.30. The highest BCUT2D eigenvalue weighted by Crippen LogP contribution is 2.18. The van der Waals surface area contributed by atoms with Gasteiger partial charge in [-0.3, -0.25) is 4.98 Å². The highest BCUT2D eigenvalue weighted by atomic mass is 16.5. The normalized spacial score (nSPS) is 20.2. The van der Waals surface area contributed by atoms with Crippen LogP contribution in [0, 0.1) is 18.3 Å². The molecule has 0 radical (unpaired) electrons. The molecule has 90 valence electrons. The van der Waals surface area contributed by atoms with E-state index >= 15 is 0 Å². The molecule has 0 saturated carbocycles. The monoisotopic (exact) mass is 231 g/mol. The molecule has 0 spiro atoms. The lowest BCUT2D eigenvalue weighted by Gasteiger charge is -2.19. The predicted octanol–water partition coefficient (Wildman–Crippen LogP) is 1.73. The van der Waals surface area contributed by atoms with E-state index in [9.17, 15) is 0 Å². The summed E-state index contributed by atoms with van der Waals surface area (Å²) in [6, 6.07) is 4.37. The molecule has 2 rings (SSSR count). The Kier molecular flexibility index (Phi) is 3.60. The van der Waals surface area contributed by atoms with Gasteiger partial charge in [0.2, 0.25) is 0 Å². The second-order valence-corrected chi connectivity index (χ2v) is 4.50. The number of likely N-dealkylation sites (N-methyl/N-ethyl adjacent to an activating group) is 1. The van der Waals surface area contributed by atoms with Crippen LogP contribution in [0.1, 0.15) is 24.1 Å². The van der Waals surface area contributed by atoms with E-state index in [0.717, 1.165) is 12.2 Å². The van der Waals surface area contributed by atoms with Gasteiger partial charge in [0, 0.05) is 12.1 Å². The van der Waals surface area contributed by atoms with Gasteiger partial charge in [0.15, 0.2) is 0 Å². The summed E-state index contributed by atoms with van der Waals surface area (Å²) in [6.45, 7) is 3.64. The summed E-state index contributed by atoms with van der Waals surface area (Å²) in [4.78, 5) is 6.47. The zero-order valence-electron chi connectivity index (χ0n) is 10.3. The Hall–Kier alpha value is -1.60. The largest absolute Gasteiger partial charge is 0.490 e. The number of aromatic nitrogens is 1. The first-order valence-electron chi connectivity index (χ1n) is 5.90. The second kappa shape index (κ2) is 5.15. The van der Waals surface area contributed by atoms with Gasteiger partial charge in [0.05, 0.1) is 17.5 Å². The van der Waals surface area contributed by atoms with Gasteiger partial charge in [0.25, 0.3) is 0 Å². The molecule has 1 aromatic rings. The molecule has 0 unspecified atom stereocenters. The van der Waals surface area contributed by atoms with Crippen molar-refractivity contribution in [1.29, 1.82) is 5.26 Å². The number of hydrogen-bond acceptors (Lipinski definition) is 4. The van der Waals surface area contributed by atoms with Gasteiger partial charge in [-0.2, -0.15) is 5.26 Å². The molecule has 0 N–H and O–H groups in total. The lowest BCUT2D eigenvalue weighted by molar-refractivity contribution is 0.198. The highest BCUT2D eigenvalue weighted by Gasteiger charge is 2.21. The maximum absolute atomic E-state index is 8.91. The summed E-state index contributed by atoms with van der Waals surface area (Å²) < 4.78 is 5.70. The molecule has 17 heavy (non-hydrogen) atoms. The Balaban J connectivity index is 1.97. The lowest BCUT2D eigenvalue weighted by Crippen LogP contribution is -2.30. The molecule has 0 aromatic carbocycles. The molecule has 1 aliphatic rings. The highest BCUT2D eigenvalue weighted by molar-refractivity contribution is 5.37. The third kappa shape index (κ3) is 2.75. The molecule has 0 aliphatic carbocycles. The molecule has 1 atom stereocenters. The van der Waals surface area contributed by atoms with Crippen molar-refractivity contribution in [3.63, 3.8) is 0 Å². The number of likely N-dealkylation sites (tertiary alicyclic amines) is 1. The maximum atomic E-state index is 8.91. The smallest absolute Gasteiger partial charge is 0.139 e. The Morgan fingerprint density at radius 2 is 2.47 bits per heavy atom. The minimum absolute atomic E-state index is 0.488. The fourth-order valence-corrected chi connectivity index (χ4v) is 2.09. The molecule has 4 nitrogen and oxygen atoms in total. The van der Waals surface area contributed by atoms with Crippen LogP contribution in [0.15, 0.2) is 12.3 Å². The van der Waals surface area contributed by atoms with Gasteiger partial charge < -0.3 is 9.64 Å². The molecule has 0 amide bonds. The number of hydrogen-bond donors (Lipinski definition) is 0. The Bertz CT molecular complexity index is 439. The summed E-state index contributed by atoms with van der Waals surface area (Å²) >= 11 is 0. The summed E-state index contributed by atoms with van der Waals surface area (Å²) in [5, 5.41) is 8.91. The first kappa shape index (κ1) is 11.9. The number of rotatable bonds is 3. The van der Waals surface area contributed by atoms with Crippen molar-refractivity contribution in [3.05, 3.63) is 23.5 Å². The topological polar surface area (TPSA) is 49.1 Å². The lowest BCUT2D eigenvalue weighted by atomic mass is 10.2. The minimum Gasteiger partial charge on any atom is -0.490 e. The van der Waals surface area contributed by atoms with Crippen LogP contribution in [-0.4, -0.2) is 36.1 Å². The fraction of sp³-hybridized carbons (Fsp3) is 0.538. The van der Waals surface area contributed by atoms with Crippen molar-refractivity contribution < 1.29 is 4.74 Å². The zero-order valence-corrected chi connectivity index (χ0v) is 10.3. The number of pyridine rings is 1. The summed E-state index contributed by atoms with van der Waals surface area (Å²) in [5.41, 5.74) is 1.33. The van der Waals surface area contributed by atoms with Crippen molar-refractivity contribution in [2.24, 2.45) is 0 Å². The van der Waals surface area contributed by atoms with Crippen molar-refractivity contribution in [2.45, 2.75) is 25.8 Å². The molecular weight excluding hydrogens is 214 g/mol. The molecule has 1 aliphatic heterocycles. The van der Waals surface area contributed by atoms with Gasteiger partial charge in [0.1, 0.15) is 18.4 Å². The predicted molar refractivity (Wildman–Crippen MR) is 64.8 cm³/mol. The third-order valence-electron chi connectivity index (χ3n) is 3.30. The number of nitrogens with zero attached hydrogens (tertiary/aromatic N) is 3. The van der Waals surface area contributed by atoms with Crippen LogP contribution in [0.4, 0.5) is 0 Å². The molecule has 1 aromatic heterocycles. The van der Waals surface area contributed by atoms with E-state index in [1.54, 1.807) is 12.3 Å². The molecule has 0 bridgehead atoms. The molecule has 4 heteroatoms. The van der Waals surface area contributed by atoms with Crippen LogP contribution in [0.3, 0.4) is 0 Å². The van der Waals surface area contributed by atoms with E-state index in [0.29, 0.717) is 24.0 Å². The van der Waals surface area contributed by atoms with Crippen LogP contribution >= 0.6 is 0 Å². The second-order valence-electron chi connectivity index (χ2n) is 4.50. The van der Waals surface area contributed by atoms with Gasteiger partial charge in [-0.25, -0.2) is 0 Å². The first-order chi connectivity index (χ1) is 8.20. The molecular formula is C13H17N3O. The van der Waals surface area contributed by atoms with E-state index in [1.807, 2.05) is 6.92 Å². The van der Waals surface area contributed by atoms with Gasteiger partial charge in [-0.15, -0.1) is 0 Å². The Morgan fingerprint density at radius 1 is 1.65 bits per heavy atom. The number of aryl methyl sites for hydroxylation is 1. The molecule has 1 saturated heterocycles. The van der Waals surface area contributed by atoms with Crippen LogP contribution in [-0.2, 0) is 0 Å². The average Bonchev–Trinajstić information content (AvgIpc) is 2.74. The van der Waals surface area contributed by atoms with Crippen molar-refractivity contribution in [3.8, 4) is 11.8 Å². The molecule has 1 fully saturated rings. The van der Waals surface area contributed by atoms with E-state index in [2.05, 4.69) is 23.0 Å². The molecule has 2 heterocycles. The fourth-order valence-electron chi connectivity index (χ4n) is 2.09. The maximum Gasteiger partial charge on any atom is 0.139 e. The minimum atomic E-state index is 0.488. The van der Waals surface area contributed by atoms with Crippen LogP contribution in [0.25, 0.3) is 0 Å². The average molecular weight is 231 g/mol. The quantitative estimate of drug-likeness (QED) is 0.795. The van der Waals surface area contributed by atoms with Crippen LogP contribution in [0.2, 0.25) is 0 Å². The van der Waals surface area contributed by atoms with Crippen molar-refractivity contribution in [1.82, 2.24) is 9.88 Å². The van der Waals surface area contributed by atoms with E-state index < -0.39 is 0 Å². The SMILES string of the molecule is Cc1ncc(OC[C@H]2CCCN2C)cc1C#N. The van der Waals surface area contributed by atoms with Crippen LogP contribution in [0.5, 0.6) is 5.75 Å². The van der Waals surface area contributed by atoms with E-state index in [-0.39, 0.29) is 0 Å². The zero-order chi connectivity index (χ0) is 12.3. The first-order valence-corrected chi connectivity index (χ1v) is 5.90. The van der Waals surface area contributed by atoms with Gasteiger partial charge in [-0.1, -0.05) is 0 Å². The Morgan fingerprint density at radius 3 is 3.12 bits per heavy atom. The summed E-state index contributed by atoms with van der Waals surface area (Å²) in [5.74, 6) is 0.687. The summed E-state index contributed by atoms with van der Waals surface area (Å²) in [6.07, 6.45) is 4.10. The standard InChI is InChI=1S/C13H17N3O/c1-10-11(7-14)6-13(8-15-10)17-9-12-4-3-5-16(12)2/h6,8,12H,3-5,9H2,1-2H3/t12-/m1/s1. The number of ether oxygens (including phenoxy) is 1. The van der Waals surface area contributed by atoms with Crippen LogP contribution < -0.4 is 4.74 Å². The Labute approximate surface area is 102 Å². The van der Waals surface area contributed by atoms with Gasteiger partial charge in [-0.05, 0) is 33.4 Å². The van der Waals surface area contributed by atoms with E-state index in [4.69, 9.17) is 10.00 Å². The number of nitriles is 1. The van der Waals surface area contributed by atoms with Gasteiger partial charge >= 0.3 is 0 Å².